The Morgan fingerprint density at radius 1 is 1.50 bits per heavy atom. The lowest BCUT2D eigenvalue weighted by Gasteiger charge is -2.05. The second kappa shape index (κ2) is 4.72. The Bertz CT molecular complexity index is 267. The minimum Gasteiger partial charge on any atom is -0.490 e. The van der Waals surface area contributed by atoms with Crippen LogP contribution in [0.4, 0.5) is 4.39 Å². The summed E-state index contributed by atoms with van der Waals surface area (Å²) in [6, 6.07) is 4.58. The van der Waals surface area contributed by atoms with Crippen LogP contribution in [-0.2, 0) is 0 Å². The molecule has 0 saturated carbocycles. The van der Waals surface area contributed by atoms with Crippen molar-refractivity contribution in [2.45, 2.75) is 0 Å². The van der Waals surface area contributed by atoms with E-state index in [-0.39, 0.29) is 11.6 Å². The van der Waals surface area contributed by atoms with Crippen LogP contribution in [-0.4, -0.2) is 12.4 Å². The third-order valence-corrected chi connectivity index (χ3v) is 1.92. The molecule has 1 aromatic rings. The van der Waals surface area contributed by atoms with Gasteiger partial charge in [0.1, 0.15) is 0 Å². The van der Waals surface area contributed by atoms with E-state index in [9.17, 15) is 4.39 Å². The van der Waals surface area contributed by atoms with Crippen LogP contribution in [0, 0.1) is 5.82 Å². The molecule has 0 saturated heterocycles. The monoisotopic (exact) mass is 250 g/mol. The van der Waals surface area contributed by atoms with Crippen molar-refractivity contribution < 1.29 is 9.13 Å². The van der Waals surface area contributed by atoms with Crippen LogP contribution in [0.25, 0.3) is 0 Å². The van der Waals surface area contributed by atoms with Gasteiger partial charge in [0.25, 0.3) is 0 Å². The summed E-state index contributed by atoms with van der Waals surface area (Å²) in [7, 11) is 0. The molecular formula is C8H8BrFOS. The Kier molecular flexibility index (Phi) is 3.88. The van der Waals surface area contributed by atoms with Crippen LogP contribution in [0.5, 0.6) is 5.75 Å². The number of benzene rings is 1. The van der Waals surface area contributed by atoms with Crippen LogP contribution >= 0.6 is 28.6 Å². The van der Waals surface area contributed by atoms with E-state index in [0.717, 1.165) is 4.47 Å². The molecule has 0 radical (unpaired) electrons. The van der Waals surface area contributed by atoms with E-state index in [4.69, 9.17) is 4.74 Å². The molecule has 12 heavy (non-hydrogen) atoms. The third-order valence-electron chi connectivity index (χ3n) is 1.24. The molecule has 0 aliphatic rings. The van der Waals surface area contributed by atoms with Gasteiger partial charge in [0, 0.05) is 10.2 Å². The first-order valence-electron chi connectivity index (χ1n) is 3.43. The molecule has 4 heteroatoms. The lowest BCUT2D eigenvalue weighted by Crippen LogP contribution is -1.99. The summed E-state index contributed by atoms with van der Waals surface area (Å²) in [5.74, 6) is 0.491. The molecule has 0 N–H and O–H groups in total. The van der Waals surface area contributed by atoms with Gasteiger partial charge < -0.3 is 4.74 Å². The second-order valence-electron chi connectivity index (χ2n) is 2.15. The Balaban J connectivity index is 2.75. The molecule has 66 valence electrons. The third kappa shape index (κ3) is 2.68. The topological polar surface area (TPSA) is 9.23 Å². The minimum atomic E-state index is -0.347. The zero-order valence-electron chi connectivity index (χ0n) is 6.26. The van der Waals surface area contributed by atoms with Crippen LogP contribution in [0.15, 0.2) is 22.7 Å². The van der Waals surface area contributed by atoms with Gasteiger partial charge in [-0.05, 0) is 18.2 Å². The predicted octanol–water partition coefficient (Wildman–Crippen LogP) is 2.90. The summed E-state index contributed by atoms with van der Waals surface area (Å²) in [6.07, 6.45) is 0. The van der Waals surface area contributed by atoms with Crippen molar-refractivity contribution in [2.24, 2.45) is 0 Å². The van der Waals surface area contributed by atoms with Crippen molar-refractivity contribution >= 4 is 28.6 Å². The maximum absolute atomic E-state index is 12.9. The number of ether oxygens (including phenoxy) is 1. The Morgan fingerprint density at radius 2 is 2.25 bits per heavy atom. The van der Waals surface area contributed by atoms with Crippen molar-refractivity contribution in [3.05, 3.63) is 28.5 Å². The van der Waals surface area contributed by atoms with Crippen molar-refractivity contribution in [3.63, 3.8) is 0 Å². The zero-order valence-corrected chi connectivity index (χ0v) is 8.74. The molecule has 0 amide bonds. The SMILES string of the molecule is Fc1ccc(Br)cc1OCCS. The summed E-state index contributed by atoms with van der Waals surface area (Å²) in [4.78, 5) is 0. The fraction of sp³-hybridized carbons (Fsp3) is 0.250. The highest BCUT2D eigenvalue weighted by atomic mass is 79.9. The number of rotatable bonds is 3. The van der Waals surface area contributed by atoms with Crippen LogP contribution < -0.4 is 4.74 Å². The maximum atomic E-state index is 12.9. The lowest BCUT2D eigenvalue weighted by atomic mass is 10.3. The van der Waals surface area contributed by atoms with E-state index >= 15 is 0 Å². The smallest absolute Gasteiger partial charge is 0.165 e. The van der Waals surface area contributed by atoms with Crippen molar-refractivity contribution in [2.75, 3.05) is 12.4 Å². The first-order chi connectivity index (χ1) is 5.74. The van der Waals surface area contributed by atoms with Crippen molar-refractivity contribution in [1.29, 1.82) is 0 Å². The van der Waals surface area contributed by atoms with Gasteiger partial charge in [0.15, 0.2) is 11.6 Å². The first-order valence-corrected chi connectivity index (χ1v) is 4.85. The van der Waals surface area contributed by atoms with E-state index in [1.165, 1.54) is 6.07 Å². The van der Waals surface area contributed by atoms with E-state index < -0.39 is 0 Å². The van der Waals surface area contributed by atoms with Gasteiger partial charge in [-0.25, -0.2) is 4.39 Å². The minimum absolute atomic E-state index is 0.262. The van der Waals surface area contributed by atoms with Gasteiger partial charge in [-0.1, -0.05) is 15.9 Å². The van der Waals surface area contributed by atoms with Crippen LogP contribution in [0.1, 0.15) is 0 Å². The average molecular weight is 251 g/mol. The van der Waals surface area contributed by atoms with Gasteiger partial charge in [0.2, 0.25) is 0 Å². The molecular weight excluding hydrogens is 243 g/mol. The van der Waals surface area contributed by atoms with Crippen LogP contribution in [0.2, 0.25) is 0 Å². The number of hydrogen-bond acceptors (Lipinski definition) is 2. The molecule has 1 aromatic carbocycles. The van der Waals surface area contributed by atoms with E-state index in [0.29, 0.717) is 12.4 Å². The molecule has 0 aromatic heterocycles. The molecule has 0 fully saturated rings. The number of hydrogen-bond donors (Lipinski definition) is 1. The summed E-state index contributed by atoms with van der Waals surface area (Å²) in [5, 5.41) is 0. The molecule has 0 atom stereocenters. The first kappa shape index (κ1) is 9.86. The fourth-order valence-electron chi connectivity index (χ4n) is 0.743. The highest BCUT2D eigenvalue weighted by molar-refractivity contribution is 9.10. The maximum Gasteiger partial charge on any atom is 0.165 e. The fourth-order valence-corrected chi connectivity index (χ4v) is 1.17. The quantitative estimate of drug-likeness (QED) is 0.812. The largest absolute Gasteiger partial charge is 0.490 e. The molecule has 0 unspecified atom stereocenters. The molecule has 0 spiro atoms. The molecule has 0 bridgehead atoms. The van der Waals surface area contributed by atoms with Crippen molar-refractivity contribution in [1.82, 2.24) is 0 Å². The molecule has 1 nitrogen and oxygen atoms in total. The normalized spacial score (nSPS) is 9.92. The van der Waals surface area contributed by atoms with Gasteiger partial charge in [0.05, 0.1) is 6.61 Å². The van der Waals surface area contributed by atoms with Gasteiger partial charge in [-0.3, -0.25) is 0 Å². The predicted molar refractivity (Wildman–Crippen MR) is 53.4 cm³/mol. The summed E-state index contributed by atoms with van der Waals surface area (Å²) < 4.78 is 18.8. The Hall–Kier alpha value is -0.220. The Morgan fingerprint density at radius 3 is 2.92 bits per heavy atom. The van der Waals surface area contributed by atoms with Gasteiger partial charge in [-0.15, -0.1) is 0 Å². The molecule has 0 aliphatic heterocycles. The molecule has 0 aliphatic carbocycles. The number of halogens is 2. The summed E-state index contributed by atoms with van der Waals surface area (Å²) in [6.45, 7) is 0.413. The molecule has 0 heterocycles. The summed E-state index contributed by atoms with van der Waals surface area (Å²) >= 11 is 7.17. The van der Waals surface area contributed by atoms with Crippen LogP contribution in [0.3, 0.4) is 0 Å². The molecule has 1 rings (SSSR count). The second-order valence-corrected chi connectivity index (χ2v) is 3.51. The average Bonchev–Trinajstić information content (AvgIpc) is 2.07. The van der Waals surface area contributed by atoms with Gasteiger partial charge in [-0.2, -0.15) is 12.6 Å². The zero-order chi connectivity index (χ0) is 8.97. The standard InChI is InChI=1S/C8H8BrFOS/c9-6-1-2-7(10)8(5-6)11-3-4-12/h1-2,5,12H,3-4H2. The van der Waals surface area contributed by atoms with E-state index in [1.54, 1.807) is 12.1 Å². The van der Waals surface area contributed by atoms with Gasteiger partial charge >= 0.3 is 0 Å². The van der Waals surface area contributed by atoms with E-state index in [1.807, 2.05) is 0 Å². The lowest BCUT2D eigenvalue weighted by molar-refractivity contribution is 0.325. The van der Waals surface area contributed by atoms with E-state index in [2.05, 4.69) is 28.6 Å². The highest BCUT2D eigenvalue weighted by Gasteiger charge is 2.02. The Labute approximate surface area is 84.5 Å². The highest BCUT2D eigenvalue weighted by Crippen LogP contribution is 2.21. The van der Waals surface area contributed by atoms with Crippen molar-refractivity contribution in [3.8, 4) is 5.75 Å². The summed E-state index contributed by atoms with van der Waals surface area (Å²) in [5.41, 5.74) is 0. The number of thiol groups is 1.